The lowest BCUT2D eigenvalue weighted by molar-refractivity contribution is -0.137. The van der Waals surface area contributed by atoms with E-state index in [0.29, 0.717) is 15.5 Å². The molecule has 1 saturated carbocycles. The molecule has 2 aliphatic rings. The lowest BCUT2D eigenvalue weighted by Gasteiger charge is -2.23. The molecule has 41 heavy (non-hydrogen) atoms. The number of fused-ring (bicyclic) bond motifs is 1. The largest absolute Gasteiger partial charge is 0.326 e. The maximum atomic E-state index is 14.4. The van der Waals surface area contributed by atoms with Gasteiger partial charge in [-0.25, -0.2) is 18.2 Å². The predicted octanol–water partition coefficient (Wildman–Crippen LogP) is 4.35. The highest BCUT2D eigenvalue weighted by Crippen LogP contribution is 2.41. The van der Waals surface area contributed by atoms with Gasteiger partial charge in [-0.15, -0.1) is 0 Å². The van der Waals surface area contributed by atoms with Crippen molar-refractivity contribution in [2.45, 2.75) is 57.3 Å². The van der Waals surface area contributed by atoms with E-state index in [1.807, 2.05) is 0 Å². The van der Waals surface area contributed by atoms with Gasteiger partial charge in [0.05, 0.1) is 12.1 Å². The number of nitrogens with one attached hydrogen (secondary N) is 2. The minimum atomic E-state index is -3.08. The van der Waals surface area contributed by atoms with E-state index in [9.17, 15) is 32.3 Å². The van der Waals surface area contributed by atoms with Crippen molar-refractivity contribution in [2.75, 3.05) is 17.2 Å². The van der Waals surface area contributed by atoms with Crippen LogP contribution in [-0.4, -0.2) is 67.8 Å². The summed E-state index contributed by atoms with van der Waals surface area (Å²) in [4.78, 5) is 56.4. The van der Waals surface area contributed by atoms with Crippen LogP contribution >= 0.6 is 15.9 Å². The summed E-state index contributed by atoms with van der Waals surface area (Å²) in [5, 5.41) is 9.67. The Hall–Kier alpha value is -3.81. The van der Waals surface area contributed by atoms with E-state index < -0.39 is 54.1 Å². The Morgan fingerprint density at radius 2 is 1.90 bits per heavy atom. The molecule has 2 N–H and O–H groups in total. The predicted molar refractivity (Wildman–Crippen MR) is 146 cm³/mol. The first-order valence-corrected chi connectivity index (χ1v) is 13.8. The van der Waals surface area contributed by atoms with Gasteiger partial charge in [-0.2, -0.15) is 5.10 Å². The van der Waals surface area contributed by atoms with Gasteiger partial charge in [0, 0.05) is 30.8 Å². The molecule has 3 atom stereocenters. The van der Waals surface area contributed by atoms with Gasteiger partial charge in [-0.1, -0.05) is 6.07 Å². The van der Waals surface area contributed by atoms with Crippen molar-refractivity contribution >= 4 is 61.8 Å². The summed E-state index contributed by atoms with van der Waals surface area (Å²) in [6.07, 6.45) is -1.61. The Bertz CT molecular complexity index is 1550. The van der Waals surface area contributed by atoms with Crippen LogP contribution in [0.15, 0.2) is 41.0 Å². The van der Waals surface area contributed by atoms with Crippen molar-refractivity contribution in [3.63, 3.8) is 0 Å². The molecule has 216 valence electrons. The zero-order valence-electron chi connectivity index (χ0n) is 21.9. The summed E-state index contributed by atoms with van der Waals surface area (Å²) in [6.45, 7) is 0.599. The van der Waals surface area contributed by atoms with Crippen LogP contribution in [0.3, 0.4) is 0 Å². The van der Waals surface area contributed by atoms with Crippen molar-refractivity contribution < 1.29 is 32.3 Å². The van der Waals surface area contributed by atoms with E-state index in [2.05, 4.69) is 36.6 Å². The van der Waals surface area contributed by atoms with Gasteiger partial charge in [0.15, 0.2) is 5.78 Å². The number of amides is 3. The van der Waals surface area contributed by atoms with Gasteiger partial charge in [-0.3, -0.25) is 23.9 Å². The fraction of sp³-hybridized carbons (Fsp3) is 0.407. The molecule has 0 radical (unpaired) electrons. The maximum absolute atomic E-state index is 14.4. The van der Waals surface area contributed by atoms with Gasteiger partial charge in [-0.05, 0) is 59.1 Å². The molecule has 3 aromatic rings. The van der Waals surface area contributed by atoms with Crippen LogP contribution in [0.2, 0.25) is 0 Å². The number of anilines is 2. The van der Waals surface area contributed by atoms with Crippen LogP contribution in [0.25, 0.3) is 10.9 Å². The van der Waals surface area contributed by atoms with E-state index >= 15 is 0 Å². The molecule has 1 aliphatic carbocycles. The molecule has 2 aromatic heterocycles. The third kappa shape index (κ3) is 5.97. The second-order valence-electron chi connectivity index (χ2n) is 10.2. The molecule has 1 unspecified atom stereocenters. The number of hydrogen-bond acceptors (Lipinski definition) is 6. The zero-order valence-corrected chi connectivity index (χ0v) is 23.5. The first-order valence-electron chi connectivity index (χ1n) is 13.0. The number of carbonyl (C=O) groups is 4. The highest BCUT2D eigenvalue weighted by Gasteiger charge is 2.48. The topological polar surface area (TPSA) is 126 Å². The van der Waals surface area contributed by atoms with Crippen LogP contribution in [0.5, 0.6) is 0 Å². The molecule has 0 bridgehead atoms. The number of rotatable bonds is 7. The number of aromatic nitrogens is 3. The fourth-order valence-corrected chi connectivity index (χ4v) is 5.68. The number of halogens is 4. The molecule has 10 nitrogen and oxygen atoms in total. The van der Waals surface area contributed by atoms with E-state index in [1.165, 1.54) is 29.8 Å². The van der Waals surface area contributed by atoms with E-state index in [-0.39, 0.29) is 49.4 Å². The number of Topliss-reactive ketones (excluding diaryl/α,β-unsaturated/α-hetero) is 1. The number of likely N-dealkylation sites (tertiary alicyclic amines) is 1. The lowest BCUT2D eigenvalue weighted by Crippen LogP contribution is -2.44. The molecule has 3 amide bonds. The zero-order chi connectivity index (χ0) is 29.5. The monoisotopic (exact) mass is 634 g/mol. The number of pyridine rings is 1. The molecular formula is C27H26BrF3N6O4. The lowest BCUT2D eigenvalue weighted by atomic mass is 10.0. The van der Waals surface area contributed by atoms with Crippen molar-refractivity contribution in [2.24, 2.45) is 5.92 Å². The molecule has 1 aromatic carbocycles. The van der Waals surface area contributed by atoms with E-state index in [1.54, 1.807) is 18.2 Å². The van der Waals surface area contributed by atoms with Crippen LogP contribution in [-0.2, 0) is 20.9 Å². The molecule has 1 saturated heterocycles. The van der Waals surface area contributed by atoms with Crippen molar-refractivity contribution in [1.82, 2.24) is 19.7 Å². The number of alkyl halides is 3. The highest BCUT2D eigenvalue weighted by molar-refractivity contribution is 9.10. The number of hydrogen-bond donors (Lipinski definition) is 2. The van der Waals surface area contributed by atoms with Gasteiger partial charge in [0.2, 0.25) is 17.7 Å². The second kappa shape index (κ2) is 11.2. The van der Waals surface area contributed by atoms with E-state index in [4.69, 9.17) is 0 Å². The molecule has 2 fully saturated rings. The molecule has 5 rings (SSSR count). The Morgan fingerprint density at radius 3 is 2.59 bits per heavy atom. The number of carbonyl (C=O) groups excluding carboxylic acids is 4. The normalized spacial score (nSPS) is 21.7. The summed E-state index contributed by atoms with van der Waals surface area (Å²) in [5.41, 5.74) is 0.578. The summed E-state index contributed by atoms with van der Waals surface area (Å²) in [6, 6.07) is 8.24. The molecule has 0 spiro atoms. The Balaban J connectivity index is 1.35. The smallest absolute Gasteiger partial charge is 0.259 e. The minimum absolute atomic E-state index is 0.00917. The van der Waals surface area contributed by atoms with Gasteiger partial charge in [0.1, 0.15) is 40.8 Å². The summed E-state index contributed by atoms with van der Waals surface area (Å²) in [5.74, 6) is -6.69. The minimum Gasteiger partial charge on any atom is -0.326 e. The Morgan fingerprint density at radius 1 is 1.12 bits per heavy atom. The maximum Gasteiger partial charge on any atom is 0.259 e. The molecule has 14 heteroatoms. The first-order chi connectivity index (χ1) is 19.4. The van der Waals surface area contributed by atoms with Crippen molar-refractivity contribution in [3.05, 3.63) is 46.7 Å². The van der Waals surface area contributed by atoms with Crippen molar-refractivity contribution in [1.29, 1.82) is 0 Å². The highest BCUT2D eigenvalue weighted by atomic mass is 79.9. The van der Waals surface area contributed by atoms with Crippen LogP contribution in [0, 0.1) is 5.92 Å². The van der Waals surface area contributed by atoms with Crippen molar-refractivity contribution in [3.8, 4) is 0 Å². The SMILES string of the molecule is CC(=O)c1nn(CC(=O)N2C[C@H](F)C[C@H]2C(=O)Nc2cccc(Br)n2)c2ccc(NC(=O)C3CCCC3(F)F)cc12. The Kier molecular flexibility index (Phi) is 7.86. The second-order valence-corrected chi connectivity index (χ2v) is 11.0. The van der Waals surface area contributed by atoms with Crippen LogP contribution in [0.1, 0.15) is 43.1 Å². The molecule has 3 heterocycles. The first kappa shape index (κ1) is 28.7. The summed E-state index contributed by atoms with van der Waals surface area (Å²) in [7, 11) is 0. The molecular weight excluding hydrogens is 609 g/mol. The standard InChI is InChI=1S/C27H26BrF3N6O4/c1-14(38)24-17-11-16(32-25(40)18-4-3-9-27(18,30)31)7-8-19(17)37(35-24)13-23(39)36-12-15(29)10-20(36)26(41)34-22-6-2-5-21(28)33-22/h2,5-8,11,15,18,20H,3-4,9-10,12-13H2,1H3,(H,32,40)(H,33,34,41)/t15-,18?,20+/m1/s1. The van der Waals surface area contributed by atoms with Crippen LogP contribution < -0.4 is 10.6 Å². The van der Waals surface area contributed by atoms with Gasteiger partial charge >= 0.3 is 0 Å². The van der Waals surface area contributed by atoms with Gasteiger partial charge in [0.25, 0.3) is 5.92 Å². The Labute approximate surface area is 240 Å². The van der Waals surface area contributed by atoms with Crippen LogP contribution in [0.4, 0.5) is 24.7 Å². The third-order valence-corrected chi connectivity index (χ3v) is 7.75. The summed E-state index contributed by atoms with van der Waals surface area (Å²) >= 11 is 3.21. The van der Waals surface area contributed by atoms with Gasteiger partial charge < -0.3 is 15.5 Å². The quantitative estimate of drug-likeness (QED) is 0.294. The van der Waals surface area contributed by atoms with E-state index in [0.717, 1.165) is 4.90 Å². The number of benzene rings is 1. The number of ketones is 1. The number of nitrogens with zero attached hydrogens (tertiary/aromatic N) is 4. The average Bonchev–Trinajstić information content (AvgIpc) is 3.58. The average molecular weight is 635 g/mol. The molecule has 1 aliphatic heterocycles. The fourth-order valence-electron chi connectivity index (χ4n) is 5.33. The third-order valence-electron chi connectivity index (χ3n) is 7.31. The summed E-state index contributed by atoms with van der Waals surface area (Å²) < 4.78 is 44.3.